The largest absolute Gasteiger partial charge is 0.480 e. The predicted molar refractivity (Wildman–Crippen MR) is 144 cm³/mol. The molecule has 1 aromatic rings. The van der Waals surface area contributed by atoms with Gasteiger partial charge in [-0.1, -0.05) is 68.0 Å². The number of benzene rings is 1. The van der Waals surface area contributed by atoms with Gasteiger partial charge in [0.1, 0.15) is 12.1 Å². The number of carboxylic acids is 2. The number of carboxylic acid groups (broad SMARTS) is 2. The molecule has 1 rings (SSSR count). The molecule has 10 heteroatoms. The van der Waals surface area contributed by atoms with Crippen molar-refractivity contribution in [1.82, 2.24) is 10.6 Å². The molecule has 38 heavy (non-hydrogen) atoms. The summed E-state index contributed by atoms with van der Waals surface area (Å²) in [4.78, 5) is 46.9. The minimum atomic E-state index is -1.31. The Morgan fingerprint density at radius 3 is 2.21 bits per heavy atom. The zero-order valence-corrected chi connectivity index (χ0v) is 22.7. The zero-order chi connectivity index (χ0) is 28.8. The normalized spacial score (nSPS) is 16.6. The van der Waals surface area contributed by atoms with E-state index in [1.54, 1.807) is 20.1 Å². The maximum atomic E-state index is 12.6. The number of ether oxygens (including phenoxy) is 1. The van der Waals surface area contributed by atoms with E-state index in [-0.39, 0.29) is 24.9 Å². The van der Waals surface area contributed by atoms with Gasteiger partial charge in [-0.2, -0.15) is 0 Å². The van der Waals surface area contributed by atoms with Crippen molar-refractivity contribution in [3.05, 3.63) is 59.7 Å². The summed E-state index contributed by atoms with van der Waals surface area (Å²) < 4.78 is 5.69. The average Bonchev–Trinajstić information content (AvgIpc) is 2.87. The van der Waals surface area contributed by atoms with Crippen LogP contribution in [0.15, 0.2) is 54.1 Å². The second kappa shape index (κ2) is 16.4. The van der Waals surface area contributed by atoms with E-state index in [1.165, 1.54) is 12.5 Å². The number of nitrogens with two attached hydrogens (primary N) is 1. The Bertz CT molecular complexity index is 993. The molecule has 0 fully saturated rings. The lowest BCUT2D eigenvalue weighted by atomic mass is 9.95. The molecule has 1 aromatic carbocycles. The summed E-state index contributed by atoms with van der Waals surface area (Å²) in [6, 6.07) is 6.99. The van der Waals surface area contributed by atoms with Crippen LogP contribution in [0.1, 0.15) is 46.1 Å². The molecule has 0 saturated heterocycles. The quantitative estimate of drug-likeness (QED) is 0.202. The van der Waals surface area contributed by atoms with Gasteiger partial charge in [-0.05, 0) is 32.3 Å². The Labute approximate surface area is 224 Å². The molecule has 0 aromatic heterocycles. The molecular weight excluding hydrogens is 490 g/mol. The number of hydrogen-bond donors (Lipinski definition) is 5. The monoisotopic (exact) mass is 531 g/mol. The molecular formula is C28H41N3O7. The van der Waals surface area contributed by atoms with Crippen molar-refractivity contribution in [2.24, 2.45) is 17.6 Å². The first-order chi connectivity index (χ1) is 17.8. The molecule has 2 amide bonds. The van der Waals surface area contributed by atoms with Crippen molar-refractivity contribution >= 4 is 23.8 Å². The van der Waals surface area contributed by atoms with E-state index in [0.717, 1.165) is 12.0 Å². The van der Waals surface area contributed by atoms with Crippen LogP contribution in [-0.2, 0) is 30.3 Å². The molecule has 0 radical (unpaired) electrons. The Hall–Kier alpha value is -3.50. The van der Waals surface area contributed by atoms with Gasteiger partial charge in [0.05, 0.1) is 12.0 Å². The van der Waals surface area contributed by atoms with Gasteiger partial charge in [-0.25, -0.2) is 4.79 Å². The van der Waals surface area contributed by atoms with Crippen molar-refractivity contribution in [1.29, 1.82) is 0 Å². The molecule has 10 nitrogen and oxygen atoms in total. The highest BCUT2D eigenvalue weighted by molar-refractivity contribution is 5.86. The van der Waals surface area contributed by atoms with E-state index in [0.29, 0.717) is 0 Å². The average molecular weight is 532 g/mol. The summed E-state index contributed by atoms with van der Waals surface area (Å²) >= 11 is 0. The minimum absolute atomic E-state index is 0.0125. The van der Waals surface area contributed by atoms with Gasteiger partial charge < -0.3 is 31.3 Å². The molecule has 0 saturated carbocycles. The van der Waals surface area contributed by atoms with Crippen LogP contribution in [0.5, 0.6) is 0 Å². The topological polar surface area (TPSA) is 168 Å². The third-order valence-electron chi connectivity index (χ3n) is 6.29. The maximum Gasteiger partial charge on any atom is 0.326 e. The molecule has 0 aliphatic carbocycles. The number of nitrogens with one attached hydrogen (secondary N) is 2. The lowest BCUT2D eigenvalue weighted by Gasteiger charge is -2.21. The molecule has 6 atom stereocenters. The molecule has 0 heterocycles. The Balaban J connectivity index is 2.68. The number of hydrogen-bond acceptors (Lipinski definition) is 6. The van der Waals surface area contributed by atoms with Gasteiger partial charge in [-0.15, -0.1) is 0 Å². The van der Waals surface area contributed by atoms with E-state index in [1.807, 2.05) is 31.2 Å². The summed E-state index contributed by atoms with van der Waals surface area (Å²) in [7, 11) is 1.69. The highest BCUT2D eigenvalue weighted by atomic mass is 16.5. The van der Waals surface area contributed by atoms with Crippen LogP contribution >= 0.6 is 0 Å². The fraction of sp³-hybridized carbons (Fsp3) is 0.500. The van der Waals surface area contributed by atoms with Crippen LogP contribution in [0.4, 0.5) is 0 Å². The molecule has 210 valence electrons. The van der Waals surface area contributed by atoms with Crippen molar-refractivity contribution in [2.75, 3.05) is 7.11 Å². The summed E-state index contributed by atoms with van der Waals surface area (Å²) in [6.07, 6.45) is 5.89. The first-order valence-electron chi connectivity index (χ1n) is 12.6. The lowest BCUT2D eigenvalue weighted by Crippen LogP contribution is -2.47. The van der Waals surface area contributed by atoms with E-state index < -0.39 is 47.8 Å². The first-order valence-corrected chi connectivity index (χ1v) is 12.6. The first kappa shape index (κ1) is 32.5. The minimum Gasteiger partial charge on any atom is -0.480 e. The van der Waals surface area contributed by atoms with Crippen molar-refractivity contribution in [3.63, 3.8) is 0 Å². The van der Waals surface area contributed by atoms with Crippen molar-refractivity contribution in [2.45, 2.75) is 71.2 Å². The number of amides is 2. The summed E-state index contributed by atoms with van der Waals surface area (Å²) in [6.45, 7) is 6.88. The fourth-order valence-corrected chi connectivity index (χ4v) is 3.72. The second-order valence-corrected chi connectivity index (χ2v) is 9.52. The summed E-state index contributed by atoms with van der Waals surface area (Å²) in [5.41, 5.74) is 8.31. The summed E-state index contributed by atoms with van der Waals surface area (Å²) in [5, 5.41) is 22.9. The van der Waals surface area contributed by atoms with Gasteiger partial charge in [-0.3, -0.25) is 14.4 Å². The van der Waals surface area contributed by atoms with E-state index in [4.69, 9.17) is 15.6 Å². The van der Waals surface area contributed by atoms with E-state index >= 15 is 0 Å². The maximum absolute atomic E-state index is 12.6. The van der Waals surface area contributed by atoms with Gasteiger partial charge >= 0.3 is 11.9 Å². The van der Waals surface area contributed by atoms with Gasteiger partial charge in [0.2, 0.25) is 11.8 Å². The highest BCUT2D eigenvalue weighted by Crippen LogP contribution is 2.17. The number of rotatable bonds is 16. The van der Waals surface area contributed by atoms with Crippen LogP contribution in [-0.4, -0.2) is 65.3 Å². The molecule has 0 aliphatic heterocycles. The van der Waals surface area contributed by atoms with Crippen LogP contribution in [0, 0.1) is 11.8 Å². The number of methoxy groups -OCH3 is 1. The van der Waals surface area contributed by atoms with Gasteiger partial charge in [0.25, 0.3) is 0 Å². The predicted octanol–water partition coefficient (Wildman–Crippen LogP) is 2.29. The second-order valence-electron chi connectivity index (χ2n) is 9.52. The fourth-order valence-electron chi connectivity index (χ4n) is 3.72. The third kappa shape index (κ3) is 11.7. The standard InChI is InChI=1S/C28H41N3O7/c1-17(15-18(2)24(38-5)16-21-9-7-6-8-10-21)11-12-22(29)19(3)26(33)31-23(28(36)37)13-14-25(32)30-20(4)27(34)35/h6-12,15,18-20,22-24H,13-14,16,29H2,1-5H3,(H,30,32)(H,31,33)(H,34,35)(H,36,37)/b12-11+,17-15+/t18-,19-,20-,22-,23+,24-/m0/s1. The highest BCUT2D eigenvalue weighted by Gasteiger charge is 2.26. The smallest absolute Gasteiger partial charge is 0.326 e. The van der Waals surface area contributed by atoms with Crippen molar-refractivity contribution in [3.8, 4) is 0 Å². The summed E-state index contributed by atoms with van der Waals surface area (Å²) in [5.74, 6) is -4.31. The van der Waals surface area contributed by atoms with Gasteiger partial charge in [0, 0.05) is 25.5 Å². The zero-order valence-electron chi connectivity index (χ0n) is 22.7. The molecule has 0 aliphatic rings. The Morgan fingerprint density at radius 2 is 1.66 bits per heavy atom. The molecule has 6 N–H and O–H groups in total. The number of aliphatic carboxylic acids is 2. The van der Waals surface area contributed by atoms with Crippen LogP contribution in [0.3, 0.4) is 0 Å². The third-order valence-corrected chi connectivity index (χ3v) is 6.29. The van der Waals surface area contributed by atoms with Gasteiger partial charge in [0.15, 0.2) is 0 Å². The lowest BCUT2D eigenvalue weighted by molar-refractivity contribution is -0.143. The number of carbonyl (C=O) groups is 4. The number of allylic oxidation sites excluding steroid dienone is 2. The van der Waals surface area contributed by atoms with E-state index in [2.05, 4.69) is 35.8 Å². The van der Waals surface area contributed by atoms with E-state index in [9.17, 15) is 24.3 Å². The molecule has 0 bridgehead atoms. The Morgan fingerprint density at radius 1 is 1.03 bits per heavy atom. The Kier molecular flexibility index (Phi) is 14.0. The number of carbonyl (C=O) groups excluding carboxylic acids is 2. The van der Waals surface area contributed by atoms with Crippen LogP contribution < -0.4 is 16.4 Å². The van der Waals surface area contributed by atoms with Crippen molar-refractivity contribution < 1.29 is 34.1 Å². The SMILES string of the molecule is CO[C@@H](Cc1ccccc1)[C@@H](C)/C=C(C)/C=C/[C@H](N)[C@H](C)C(=O)N[C@H](CCC(=O)N[C@@H](C)C(=O)O)C(=O)O. The van der Waals surface area contributed by atoms with Crippen LogP contribution in [0.2, 0.25) is 0 Å². The van der Waals surface area contributed by atoms with Crippen LogP contribution in [0.25, 0.3) is 0 Å². The molecule has 0 spiro atoms. The molecule has 0 unspecified atom stereocenters.